The number of H-pyrrole nitrogens is 2. The van der Waals surface area contributed by atoms with E-state index in [2.05, 4.69) is 51.2 Å². The lowest BCUT2D eigenvalue weighted by molar-refractivity contribution is -0.126. The zero-order valence-corrected chi connectivity index (χ0v) is 35.2. The number of fused-ring (bicyclic) bond motifs is 4. The largest absolute Gasteiger partial charge is 0.486 e. The van der Waals surface area contributed by atoms with Gasteiger partial charge < -0.3 is 46.4 Å². The number of nitrogens with two attached hydrogens (primary N) is 1. The summed E-state index contributed by atoms with van der Waals surface area (Å²) in [4.78, 5) is 95.9. The molecule has 0 radical (unpaired) electrons. The van der Waals surface area contributed by atoms with Crippen LogP contribution in [0.4, 0.5) is 11.4 Å². The van der Waals surface area contributed by atoms with Gasteiger partial charge in [0.15, 0.2) is 23.0 Å². The summed E-state index contributed by atoms with van der Waals surface area (Å²) in [5.41, 5.74) is 11.8. The minimum absolute atomic E-state index is 0. The van der Waals surface area contributed by atoms with Gasteiger partial charge in [-0.05, 0) is 62.6 Å². The number of benzene rings is 2. The topological polar surface area (TPSA) is 278 Å². The first-order valence-corrected chi connectivity index (χ1v) is 19.8. The molecule has 0 unspecified atom stereocenters. The van der Waals surface area contributed by atoms with Crippen LogP contribution in [0.2, 0.25) is 0 Å². The SMILES string of the molecule is CC(C)(C)NC(=O)[C@@H]1C[C@H]1C(=O)Nc1c[nH]c2c(C(=O)NCc3ccc4c(c3)CC(=O)CO4)ncnc12.Cl.Nc1c[nH]c2c(C(=O)NCc3ccc4c(c3)CC(=O)CO4)ncnc12. The van der Waals surface area contributed by atoms with Crippen LogP contribution >= 0.6 is 12.4 Å². The van der Waals surface area contributed by atoms with Crippen LogP contribution < -0.4 is 36.5 Å². The molecule has 2 aromatic carbocycles. The van der Waals surface area contributed by atoms with Crippen molar-refractivity contribution in [2.24, 2.45) is 11.8 Å². The van der Waals surface area contributed by atoms with Gasteiger partial charge in [-0.15, -0.1) is 12.4 Å². The number of nitrogens with one attached hydrogen (secondary N) is 6. The number of ether oxygens (including phenoxy) is 2. The Hall–Kier alpha value is -7.41. The lowest BCUT2D eigenvalue weighted by atomic mass is 10.0. The van der Waals surface area contributed by atoms with E-state index < -0.39 is 11.8 Å². The Morgan fingerprint density at radius 1 is 0.730 bits per heavy atom. The summed E-state index contributed by atoms with van der Waals surface area (Å²) in [5, 5.41) is 11.4. The van der Waals surface area contributed by atoms with Crippen LogP contribution in [0.15, 0.2) is 61.4 Å². The van der Waals surface area contributed by atoms with Crippen molar-refractivity contribution in [2.45, 2.75) is 58.7 Å². The van der Waals surface area contributed by atoms with Gasteiger partial charge in [0.1, 0.15) is 48.4 Å². The molecule has 8 N–H and O–H groups in total. The van der Waals surface area contributed by atoms with Crippen LogP contribution in [0, 0.1) is 11.8 Å². The molecule has 1 fully saturated rings. The molecule has 2 aliphatic heterocycles. The van der Waals surface area contributed by atoms with Gasteiger partial charge in [-0.25, -0.2) is 19.9 Å². The molecule has 0 saturated heterocycles. The minimum Gasteiger partial charge on any atom is -0.486 e. The van der Waals surface area contributed by atoms with Crippen molar-refractivity contribution in [1.29, 1.82) is 0 Å². The molecular weight excluding hydrogens is 834 g/mol. The highest BCUT2D eigenvalue weighted by Crippen LogP contribution is 2.40. The summed E-state index contributed by atoms with van der Waals surface area (Å²) in [7, 11) is 0. The van der Waals surface area contributed by atoms with Crippen molar-refractivity contribution < 1.29 is 38.2 Å². The zero-order chi connectivity index (χ0) is 43.7. The summed E-state index contributed by atoms with van der Waals surface area (Å²) in [6.07, 6.45) is 6.86. The molecule has 9 rings (SSSR count). The third-order valence-corrected chi connectivity index (χ3v) is 10.3. The number of aromatic nitrogens is 6. The molecule has 4 aromatic heterocycles. The highest BCUT2D eigenvalue weighted by atomic mass is 35.5. The van der Waals surface area contributed by atoms with Gasteiger partial charge in [-0.2, -0.15) is 0 Å². The smallest absolute Gasteiger partial charge is 0.272 e. The van der Waals surface area contributed by atoms with E-state index >= 15 is 0 Å². The quantitative estimate of drug-likeness (QED) is 0.110. The fraction of sp³-hybridized carbons (Fsp3) is 0.302. The van der Waals surface area contributed by atoms with Crippen LogP contribution in [0.1, 0.15) is 70.4 Å². The van der Waals surface area contributed by atoms with E-state index in [1.807, 2.05) is 51.1 Å². The third-order valence-electron chi connectivity index (χ3n) is 10.3. The molecule has 20 heteroatoms. The maximum absolute atomic E-state index is 12.9. The van der Waals surface area contributed by atoms with Crippen molar-refractivity contribution in [1.82, 2.24) is 45.9 Å². The van der Waals surface area contributed by atoms with E-state index in [0.717, 1.165) is 22.3 Å². The zero-order valence-electron chi connectivity index (χ0n) is 34.4. The van der Waals surface area contributed by atoms with Crippen molar-refractivity contribution in [3.63, 3.8) is 0 Å². The molecule has 63 heavy (non-hydrogen) atoms. The summed E-state index contributed by atoms with van der Waals surface area (Å²) in [5.74, 6) is -0.464. The van der Waals surface area contributed by atoms with E-state index in [-0.39, 0.29) is 84.3 Å². The Balaban J connectivity index is 0.000000200. The minimum atomic E-state index is -0.418. The number of hydrogen-bond acceptors (Lipinski definition) is 13. The van der Waals surface area contributed by atoms with Gasteiger partial charge >= 0.3 is 0 Å². The Labute approximate surface area is 365 Å². The van der Waals surface area contributed by atoms with Crippen LogP contribution in [0.25, 0.3) is 22.1 Å². The summed E-state index contributed by atoms with van der Waals surface area (Å²) in [6.45, 7) is 6.42. The van der Waals surface area contributed by atoms with Crippen LogP contribution in [0.5, 0.6) is 11.5 Å². The molecule has 0 spiro atoms. The molecule has 6 heterocycles. The van der Waals surface area contributed by atoms with E-state index in [0.29, 0.717) is 70.7 Å². The molecule has 4 amide bonds. The van der Waals surface area contributed by atoms with Gasteiger partial charge in [-0.3, -0.25) is 28.8 Å². The maximum atomic E-state index is 12.9. The van der Waals surface area contributed by atoms with E-state index in [9.17, 15) is 28.8 Å². The van der Waals surface area contributed by atoms with Gasteiger partial charge in [0.25, 0.3) is 11.8 Å². The van der Waals surface area contributed by atoms with Crippen molar-refractivity contribution in [2.75, 3.05) is 24.3 Å². The number of nitrogens with zero attached hydrogens (tertiary/aromatic N) is 4. The van der Waals surface area contributed by atoms with Crippen molar-refractivity contribution in [3.8, 4) is 11.5 Å². The number of Topliss-reactive ketones (excluding diaryl/α,β-unsaturated/α-hetero) is 2. The number of rotatable bonds is 9. The Morgan fingerprint density at radius 2 is 1.24 bits per heavy atom. The molecule has 1 saturated carbocycles. The molecule has 3 aliphatic rings. The lowest BCUT2D eigenvalue weighted by Crippen LogP contribution is -2.42. The van der Waals surface area contributed by atoms with Crippen LogP contribution in [-0.2, 0) is 45.1 Å². The fourth-order valence-electron chi connectivity index (χ4n) is 7.22. The van der Waals surface area contributed by atoms with Gasteiger partial charge in [0, 0.05) is 55.0 Å². The van der Waals surface area contributed by atoms with E-state index in [1.165, 1.54) is 12.7 Å². The summed E-state index contributed by atoms with van der Waals surface area (Å²) < 4.78 is 10.8. The second-order valence-corrected chi connectivity index (χ2v) is 16.3. The monoisotopic (exact) mass is 877 g/mol. The number of aromatic amines is 2. The van der Waals surface area contributed by atoms with Crippen LogP contribution in [-0.4, -0.2) is 83.9 Å². The molecule has 326 valence electrons. The van der Waals surface area contributed by atoms with Crippen LogP contribution in [0.3, 0.4) is 0 Å². The number of carbonyl (C=O) groups excluding carboxylic acids is 6. The van der Waals surface area contributed by atoms with E-state index in [1.54, 1.807) is 18.5 Å². The normalized spacial score (nSPS) is 16.2. The van der Waals surface area contributed by atoms with Gasteiger partial charge in [-0.1, -0.05) is 12.1 Å². The molecule has 1 aliphatic carbocycles. The first-order valence-electron chi connectivity index (χ1n) is 19.8. The predicted molar refractivity (Wildman–Crippen MR) is 231 cm³/mol. The maximum Gasteiger partial charge on any atom is 0.272 e. The average Bonchev–Trinajstić information content (AvgIpc) is 3.84. The number of anilines is 2. The summed E-state index contributed by atoms with van der Waals surface area (Å²) >= 11 is 0. The highest BCUT2D eigenvalue weighted by molar-refractivity contribution is 6.09. The number of ketones is 2. The number of nitrogen functional groups attached to an aromatic ring is 1. The lowest BCUT2D eigenvalue weighted by Gasteiger charge is -2.20. The van der Waals surface area contributed by atoms with Gasteiger partial charge in [0.2, 0.25) is 11.8 Å². The Bertz CT molecular complexity index is 2800. The number of hydrogen-bond donors (Lipinski definition) is 7. The van der Waals surface area contributed by atoms with Gasteiger partial charge in [0.05, 0.1) is 34.2 Å². The number of halogens is 1. The number of amides is 4. The first-order chi connectivity index (χ1) is 29.7. The Kier molecular flexibility index (Phi) is 12.4. The molecule has 6 aromatic rings. The molecule has 19 nitrogen and oxygen atoms in total. The fourth-order valence-corrected chi connectivity index (χ4v) is 7.22. The second-order valence-electron chi connectivity index (χ2n) is 16.3. The third kappa shape index (κ3) is 9.88. The highest BCUT2D eigenvalue weighted by Gasteiger charge is 2.48. The standard InChI is InChI=1S/C26H28N6O5.C17H15N5O3.ClH/c1-26(2,3)32-24(35)17-8-16(17)23(34)31-18-10-27-21-20(18)29-12-30-22(21)25(36)28-9-13-4-5-19-14(6-13)7-15(33)11-37-19;18-12-6-19-15-14(12)21-8-22-16(15)17(24)20-5-9-1-2-13-10(3-9)4-11(23)7-25-13;/h4-6,10,12,16-17,27H,7-9,11H2,1-3H3,(H,28,36)(H,31,34)(H,32,35);1-3,6,8,19H,4-5,7,18H2,(H,20,24);1H/t16-,17-;;/m1../s1. The van der Waals surface area contributed by atoms with Crippen molar-refractivity contribution in [3.05, 3.63) is 95.1 Å². The Morgan fingerprint density at radius 3 is 1.79 bits per heavy atom. The average molecular weight is 878 g/mol. The molecule has 0 bridgehead atoms. The molecule has 2 atom stereocenters. The van der Waals surface area contributed by atoms with E-state index in [4.69, 9.17) is 15.2 Å². The molecular formula is C43H44ClN11O8. The predicted octanol–water partition coefficient (Wildman–Crippen LogP) is 3.28. The summed E-state index contributed by atoms with van der Waals surface area (Å²) in [6, 6.07) is 11.0. The van der Waals surface area contributed by atoms with Crippen molar-refractivity contribution >= 4 is 81.0 Å². The second kappa shape index (κ2) is 17.9. The number of carbonyl (C=O) groups is 6. The first kappa shape index (κ1) is 43.7.